The molecular weight excluding hydrogens is 576 g/mol. The lowest BCUT2D eigenvalue weighted by molar-refractivity contribution is -0.384. The van der Waals surface area contributed by atoms with Gasteiger partial charge in [-0.25, -0.2) is 17.9 Å². The maximum absolute atomic E-state index is 13.6. The number of nitrogens with one attached hydrogen (secondary N) is 2. The molecule has 2 N–H and O–H groups in total. The second-order valence-corrected chi connectivity index (χ2v) is 11.9. The largest absolute Gasteiger partial charge is 0.456 e. The molecule has 1 heterocycles. The number of carbonyl (C=O) groups is 3. The van der Waals surface area contributed by atoms with Gasteiger partial charge in [-0.3, -0.25) is 24.6 Å². The number of ether oxygens (including phenoxy) is 1. The van der Waals surface area contributed by atoms with Crippen molar-refractivity contribution in [3.63, 3.8) is 0 Å². The number of benzene rings is 3. The Kier molecular flexibility index (Phi) is 9.68. The number of non-ortho nitro benzene ring substituents is 1. The molecule has 224 valence electrons. The topological polar surface area (TPSA) is 165 Å². The van der Waals surface area contributed by atoms with Crippen molar-refractivity contribution in [3.05, 3.63) is 123 Å². The summed E-state index contributed by atoms with van der Waals surface area (Å²) in [7, 11) is -4.33. The fourth-order valence-corrected chi connectivity index (χ4v) is 6.07. The molecule has 1 fully saturated rings. The molecule has 0 radical (unpaired) electrons. The highest BCUT2D eigenvalue weighted by molar-refractivity contribution is 7.90. The molecule has 2 atom stereocenters. The van der Waals surface area contributed by atoms with E-state index in [-0.39, 0.29) is 31.0 Å². The molecule has 0 spiro atoms. The van der Waals surface area contributed by atoms with Crippen molar-refractivity contribution in [1.82, 2.24) is 14.9 Å². The maximum atomic E-state index is 13.6. The zero-order valence-electron chi connectivity index (χ0n) is 23.4. The van der Waals surface area contributed by atoms with Gasteiger partial charge in [0.05, 0.1) is 11.3 Å². The number of carbonyl (C=O) groups excluding carboxylic acids is 3. The van der Waals surface area contributed by atoms with Crippen LogP contribution in [0.4, 0.5) is 5.69 Å². The minimum atomic E-state index is -4.33. The van der Waals surface area contributed by atoms with Gasteiger partial charge < -0.3 is 10.1 Å². The van der Waals surface area contributed by atoms with Crippen molar-refractivity contribution in [2.75, 3.05) is 0 Å². The number of likely N-dealkylation sites (tertiary alicyclic amines) is 1. The van der Waals surface area contributed by atoms with E-state index in [4.69, 9.17) is 4.74 Å². The van der Waals surface area contributed by atoms with Crippen molar-refractivity contribution in [1.29, 1.82) is 0 Å². The smallest absolute Gasteiger partial charge is 0.355 e. The first-order chi connectivity index (χ1) is 20.5. The van der Waals surface area contributed by atoms with Gasteiger partial charge in [-0.2, -0.15) is 0 Å². The van der Waals surface area contributed by atoms with E-state index in [1.165, 1.54) is 38.1 Å². The third-order valence-electron chi connectivity index (χ3n) is 6.63. The molecule has 0 bridgehead atoms. The van der Waals surface area contributed by atoms with Crippen LogP contribution >= 0.6 is 0 Å². The average Bonchev–Trinajstić information content (AvgIpc) is 2.99. The van der Waals surface area contributed by atoms with Crippen molar-refractivity contribution < 1.29 is 32.5 Å². The molecular formula is C30H30N4O8S. The molecule has 43 heavy (non-hydrogen) atoms. The lowest BCUT2D eigenvalue weighted by atomic mass is 10.0. The van der Waals surface area contributed by atoms with Crippen molar-refractivity contribution in [3.8, 4) is 0 Å². The molecule has 3 aromatic carbocycles. The Morgan fingerprint density at radius 1 is 0.907 bits per heavy atom. The predicted molar refractivity (Wildman–Crippen MR) is 156 cm³/mol. The van der Waals surface area contributed by atoms with Crippen LogP contribution in [0.5, 0.6) is 0 Å². The van der Waals surface area contributed by atoms with Crippen molar-refractivity contribution in [2.24, 2.45) is 0 Å². The number of amides is 2. The molecule has 1 aliphatic heterocycles. The zero-order chi connectivity index (χ0) is 31.1. The average molecular weight is 607 g/mol. The van der Waals surface area contributed by atoms with Crippen LogP contribution < -0.4 is 10.0 Å². The number of rotatable bonds is 12. The number of hydrogen-bond donors (Lipinski definition) is 2. The van der Waals surface area contributed by atoms with Gasteiger partial charge in [-0.05, 0) is 48.2 Å². The molecule has 0 aromatic heterocycles. The van der Waals surface area contributed by atoms with E-state index in [1.54, 1.807) is 60.7 Å². The molecule has 4 rings (SSSR count). The van der Waals surface area contributed by atoms with Gasteiger partial charge in [0.1, 0.15) is 18.3 Å². The van der Waals surface area contributed by atoms with Gasteiger partial charge in [-0.15, -0.1) is 0 Å². The molecule has 13 heteroatoms. The Labute approximate surface area is 248 Å². The first-order valence-corrected chi connectivity index (χ1v) is 14.8. The second kappa shape index (κ2) is 13.4. The first kappa shape index (κ1) is 31.1. The van der Waals surface area contributed by atoms with Crippen molar-refractivity contribution >= 4 is 33.5 Å². The summed E-state index contributed by atoms with van der Waals surface area (Å²) in [6, 6.07) is 21.4. The highest BCUT2D eigenvalue weighted by Gasteiger charge is 2.58. The second-order valence-electron chi connectivity index (χ2n) is 10.0. The number of hydrogen-bond acceptors (Lipinski definition) is 8. The van der Waals surface area contributed by atoms with Crippen LogP contribution in [0.3, 0.4) is 0 Å². The third kappa shape index (κ3) is 7.50. The van der Waals surface area contributed by atoms with Gasteiger partial charge >= 0.3 is 5.97 Å². The number of nitro benzene ring substituents is 1. The first-order valence-electron chi connectivity index (χ1n) is 13.2. The van der Waals surface area contributed by atoms with E-state index in [1.807, 2.05) is 0 Å². The normalized spacial score (nSPS) is 16.1. The lowest BCUT2D eigenvalue weighted by Crippen LogP contribution is -2.74. The van der Waals surface area contributed by atoms with E-state index in [2.05, 4.69) is 10.0 Å². The van der Waals surface area contributed by atoms with Crippen LogP contribution in [0.1, 0.15) is 30.5 Å². The molecule has 0 aliphatic carbocycles. The van der Waals surface area contributed by atoms with Crippen LogP contribution in [0.2, 0.25) is 0 Å². The summed E-state index contributed by atoms with van der Waals surface area (Å²) in [4.78, 5) is 50.7. The third-order valence-corrected chi connectivity index (χ3v) is 8.30. The molecule has 1 saturated heterocycles. The van der Waals surface area contributed by atoms with Crippen LogP contribution in [0.15, 0.2) is 96.2 Å². The van der Waals surface area contributed by atoms with E-state index in [0.29, 0.717) is 22.3 Å². The number of allylic oxidation sites excluding steroid dienone is 1. The van der Waals surface area contributed by atoms with Gasteiger partial charge in [0, 0.05) is 18.7 Å². The van der Waals surface area contributed by atoms with Crippen molar-refractivity contribution in [2.45, 2.75) is 44.8 Å². The molecule has 0 saturated carbocycles. The Morgan fingerprint density at radius 3 is 2.05 bits per heavy atom. The SMILES string of the molecule is CC(C)=C(C(=O)OCc1ccc([N+](=O)[O-])cc1)N1C(=O)[C@@H](NC(=O)Cc2ccccc2)[C@H]1S(=O)(=O)NCc1ccccc1. The Hall–Kier alpha value is -4.88. The standard InChI is InChI=1S/C30H30N4O8S/c1-20(2)27(30(37)42-19-23-13-15-24(16-14-23)34(38)39)33-28(36)26(32-25(35)17-21-9-5-3-6-10-21)29(33)43(40,41)31-18-22-11-7-4-8-12-22/h3-16,26,29,31H,17-19H2,1-2H3,(H,32,35)/t26-,29-/m1/s1. The van der Waals surface area contributed by atoms with Gasteiger partial charge in [0.25, 0.3) is 11.6 Å². The summed E-state index contributed by atoms with van der Waals surface area (Å²) in [5, 5.41) is 11.8. The molecule has 12 nitrogen and oxygen atoms in total. The summed E-state index contributed by atoms with van der Waals surface area (Å²) in [6.45, 7) is 2.69. The maximum Gasteiger partial charge on any atom is 0.355 e. The minimum absolute atomic E-state index is 0.0817. The Bertz CT molecular complexity index is 1640. The lowest BCUT2D eigenvalue weighted by Gasteiger charge is -2.46. The van der Waals surface area contributed by atoms with Crippen LogP contribution in [-0.4, -0.2) is 47.4 Å². The zero-order valence-corrected chi connectivity index (χ0v) is 24.2. The van der Waals surface area contributed by atoms with E-state index in [0.717, 1.165) is 4.90 Å². The number of nitro groups is 1. The summed E-state index contributed by atoms with van der Waals surface area (Å²) in [6.07, 6.45) is -0.0817. The van der Waals surface area contributed by atoms with Crippen LogP contribution in [0.25, 0.3) is 0 Å². The summed E-state index contributed by atoms with van der Waals surface area (Å²) in [5.74, 6) is -2.32. The van der Waals surface area contributed by atoms with Gasteiger partial charge in [0.2, 0.25) is 15.9 Å². The monoisotopic (exact) mass is 606 g/mol. The Morgan fingerprint density at radius 2 is 1.49 bits per heavy atom. The Balaban J connectivity index is 1.56. The number of nitrogens with zero attached hydrogens (tertiary/aromatic N) is 2. The number of esters is 1. The minimum Gasteiger partial charge on any atom is -0.456 e. The van der Waals surface area contributed by atoms with Gasteiger partial charge in [-0.1, -0.05) is 60.7 Å². The van der Waals surface area contributed by atoms with Crippen LogP contribution in [0, 0.1) is 10.1 Å². The highest BCUT2D eigenvalue weighted by Crippen LogP contribution is 2.32. The molecule has 1 aliphatic rings. The molecule has 3 aromatic rings. The summed E-state index contributed by atoms with van der Waals surface area (Å²) in [5.41, 5.74) is 1.67. The summed E-state index contributed by atoms with van der Waals surface area (Å²) >= 11 is 0. The number of β-lactam (4-membered cyclic amide) rings is 1. The van der Waals surface area contributed by atoms with Gasteiger partial charge in [0.15, 0.2) is 5.37 Å². The summed E-state index contributed by atoms with van der Waals surface area (Å²) < 4.78 is 35.1. The number of sulfonamides is 1. The fourth-order valence-electron chi connectivity index (χ4n) is 4.50. The highest BCUT2D eigenvalue weighted by atomic mass is 32.2. The van der Waals surface area contributed by atoms with E-state index >= 15 is 0 Å². The van der Waals surface area contributed by atoms with E-state index < -0.39 is 44.1 Å². The fraction of sp³-hybridized carbons (Fsp3) is 0.233. The molecule has 2 amide bonds. The quantitative estimate of drug-likeness (QED) is 0.104. The van der Waals surface area contributed by atoms with Crippen LogP contribution in [-0.2, 0) is 48.7 Å². The van der Waals surface area contributed by atoms with E-state index in [9.17, 15) is 32.9 Å². The molecule has 0 unspecified atom stereocenters. The predicted octanol–water partition coefficient (Wildman–Crippen LogP) is 2.95.